The Hall–Kier alpha value is -4.46. The third kappa shape index (κ3) is 6.22. The van der Waals surface area contributed by atoms with E-state index < -0.39 is 0 Å². The van der Waals surface area contributed by atoms with Gasteiger partial charge in [-0.25, -0.2) is 4.98 Å². The molecule has 2 amide bonds. The van der Waals surface area contributed by atoms with Crippen LogP contribution in [0.15, 0.2) is 78.9 Å². The SMILES string of the molecule is C[C@H](NC(=O)c1ccccc1C(=O)N[C@H]1CC[C@@H](Nc2nc(N(C)C)c3ccccc3n2)CC1)c1ccccc1. The van der Waals surface area contributed by atoms with E-state index in [-0.39, 0.29) is 29.9 Å². The van der Waals surface area contributed by atoms with Crippen molar-refractivity contribution in [1.82, 2.24) is 20.6 Å². The number of amides is 2. The van der Waals surface area contributed by atoms with Crippen LogP contribution in [-0.4, -0.2) is 48.0 Å². The lowest BCUT2D eigenvalue weighted by Crippen LogP contribution is -2.41. The maximum Gasteiger partial charge on any atom is 0.252 e. The first-order valence-corrected chi connectivity index (χ1v) is 13.9. The van der Waals surface area contributed by atoms with Gasteiger partial charge in [0.1, 0.15) is 5.82 Å². The highest BCUT2D eigenvalue weighted by Gasteiger charge is 2.25. The van der Waals surface area contributed by atoms with Gasteiger partial charge in [0.15, 0.2) is 0 Å². The molecule has 3 N–H and O–H groups in total. The molecule has 1 aromatic heterocycles. The van der Waals surface area contributed by atoms with Crippen molar-refractivity contribution >= 4 is 34.5 Å². The van der Waals surface area contributed by atoms with Crippen LogP contribution in [0.5, 0.6) is 0 Å². The molecule has 206 valence electrons. The predicted molar refractivity (Wildman–Crippen MR) is 160 cm³/mol. The Balaban J connectivity index is 1.19. The number of carbonyl (C=O) groups excluding carboxylic acids is 2. The molecule has 0 aliphatic heterocycles. The topological polar surface area (TPSA) is 99.2 Å². The van der Waals surface area contributed by atoms with Crippen molar-refractivity contribution in [3.05, 3.63) is 95.6 Å². The zero-order valence-corrected chi connectivity index (χ0v) is 23.2. The quantitative estimate of drug-likeness (QED) is 0.281. The van der Waals surface area contributed by atoms with Crippen molar-refractivity contribution in [2.45, 2.75) is 50.7 Å². The molecule has 8 nitrogen and oxygen atoms in total. The summed E-state index contributed by atoms with van der Waals surface area (Å²) >= 11 is 0. The number of benzene rings is 3. The summed E-state index contributed by atoms with van der Waals surface area (Å²) in [4.78, 5) is 37.9. The molecule has 0 spiro atoms. The van der Waals surface area contributed by atoms with Gasteiger partial charge in [-0.2, -0.15) is 4.98 Å². The maximum atomic E-state index is 13.3. The molecule has 8 heteroatoms. The number of hydrogen-bond donors (Lipinski definition) is 3. The van der Waals surface area contributed by atoms with Crippen molar-refractivity contribution in [3.63, 3.8) is 0 Å². The number of nitrogens with one attached hydrogen (secondary N) is 3. The molecule has 0 saturated heterocycles. The fourth-order valence-corrected chi connectivity index (χ4v) is 5.27. The van der Waals surface area contributed by atoms with Crippen molar-refractivity contribution in [3.8, 4) is 0 Å². The zero-order chi connectivity index (χ0) is 28.1. The Morgan fingerprint density at radius 2 is 1.38 bits per heavy atom. The molecular formula is C32H36N6O2. The number of rotatable bonds is 8. The van der Waals surface area contributed by atoms with Crippen molar-refractivity contribution in [2.24, 2.45) is 0 Å². The first-order chi connectivity index (χ1) is 19.4. The third-order valence-corrected chi connectivity index (χ3v) is 7.47. The summed E-state index contributed by atoms with van der Waals surface area (Å²) in [6.45, 7) is 1.94. The van der Waals surface area contributed by atoms with Crippen LogP contribution in [0.1, 0.15) is 64.9 Å². The van der Waals surface area contributed by atoms with Gasteiger partial charge in [0.2, 0.25) is 5.95 Å². The second-order valence-electron chi connectivity index (χ2n) is 10.6. The average Bonchev–Trinajstić information content (AvgIpc) is 2.98. The van der Waals surface area contributed by atoms with E-state index in [4.69, 9.17) is 9.97 Å². The minimum Gasteiger partial charge on any atom is -0.362 e. The van der Waals surface area contributed by atoms with Crippen molar-refractivity contribution in [2.75, 3.05) is 24.3 Å². The van der Waals surface area contributed by atoms with Gasteiger partial charge >= 0.3 is 0 Å². The normalized spacial score (nSPS) is 17.6. The highest BCUT2D eigenvalue weighted by molar-refractivity contribution is 6.07. The molecule has 1 aliphatic rings. The van der Waals surface area contributed by atoms with E-state index in [0.29, 0.717) is 17.1 Å². The highest BCUT2D eigenvalue weighted by Crippen LogP contribution is 2.26. The summed E-state index contributed by atoms with van der Waals surface area (Å²) in [5, 5.41) is 10.7. The molecule has 1 heterocycles. The Morgan fingerprint density at radius 3 is 2.08 bits per heavy atom. The molecule has 1 fully saturated rings. The lowest BCUT2D eigenvalue weighted by molar-refractivity contribution is 0.0897. The van der Waals surface area contributed by atoms with E-state index in [0.717, 1.165) is 48.0 Å². The van der Waals surface area contributed by atoms with E-state index in [1.165, 1.54) is 0 Å². The Labute approximate surface area is 235 Å². The highest BCUT2D eigenvalue weighted by atomic mass is 16.2. The summed E-state index contributed by atoms with van der Waals surface area (Å²) in [7, 11) is 3.97. The molecule has 0 unspecified atom stereocenters. The molecular weight excluding hydrogens is 500 g/mol. The summed E-state index contributed by atoms with van der Waals surface area (Å²) < 4.78 is 0. The van der Waals surface area contributed by atoms with Gasteiger partial charge in [0.25, 0.3) is 11.8 Å². The van der Waals surface area contributed by atoms with Crippen LogP contribution in [0.4, 0.5) is 11.8 Å². The lowest BCUT2D eigenvalue weighted by Gasteiger charge is -2.30. The van der Waals surface area contributed by atoms with Crippen LogP contribution in [0.25, 0.3) is 10.9 Å². The van der Waals surface area contributed by atoms with E-state index in [1.54, 1.807) is 24.3 Å². The largest absolute Gasteiger partial charge is 0.362 e. The maximum absolute atomic E-state index is 13.3. The lowest BCUT2D eigenvalue weighted by atomic mass is 9.91. The number of aromatic nitrogens is 2. The fourth-order valence-electron chi connectivity index (χ4n) is 5.27. The zero-order valence-electron chi connectivity index (χ0n) is 23.2. The van der Waals surface area contributed by atoms with Crippen LogP contribution in [0.3, 0.4) is 0 Å². The van der Waals surface area contributed by atoms with E-state index >= 15 is 0 Å². The minimum absolute atomic E-state index is 0.0415. The number of fused-ring (bicyclic) bond motifs is 1. The summed E-state index contributed by atoms with van der Waals surface area (Å²) in [5.41, 5.74) is 2.69. The van der Waals surface area contributed by atoms with Crippen molar-refractivity contribution < 1.29 is 9.59 Å². The number of nitrogens with zero attached hydrogens (tertiary/aromatic N) is 3. The van der Waals surface area contributed by atoms with Gasteiger partial charge in [0.05, 0.1) is 22.7 Å². The molecule has 0 radical (unpaired) electrons. The number of para-hydroxylation sites is 1. The van der Waals surface area contributed by atoms with Gasteiger partial charge in [-0.05, 0) is 62.4 Å². The predicted octanol–water partition coefficient (Wildman–Crippen LogP) is 5.34. The summed E-state index contributed by atoms with van der Waals surface area (Å²) in [5.74, 6) is 1.03. The van der Waals surface area contributed by atoms with Crippen LogP contribution in [0.2, 0.25) is 0 Å². The van der Waals surface area contributed by atoms with Gasteiger partial charge in [-0.3, -0.25) is 9.59 Å². The van der Waals surface area contributed by atoms with Crippen molar-refractivity contribution in [1.29, 1.82) is 0 Å². The van der Waals surface area contributed by atoms with Gasteiger partial charge in [-0.1, -0.05) is 54.6 Å². The van der Waals surface area contributed by atoms with Gasteiger partial charge < -0.3 is 20.9 Å². The first kappa shape index (κ1) is 27.1. The number of carbonyl (C=O) groups is 2. The van der Waals surface area contributed by atoms with Crippen LogP contribution < -0.4 is 20.9 Å². The monoisotopic (exact) mass is 536 g/mol. The first-order valence-electron chi connectivity index (χ1n) is 13.9. The summed E-state index contributed by atoms with van der Waals surface area (Å²) in [6, 6.07) is 24.9. The molecule has 1 saturated carbocycles. The average molecular weight is 537 g/mol. The van der Waals surface area contributed by atoms with E-state index in [9.17, 15) is 9.59 Å². The smallest absolute Gasteiger partial charge is 0.252 e. The molecule has 1 aliphatic carbocycles. The molecule has 3 aromatic carbocycles. The van der Waals surface area contributed by atoms with Crippen LogP contribution >= 0.6 is 0 Å². The fraction of sp³-hybridized carbons (Fsp3) is 0.312. The summed E-state index contributed by atoms with van der Waals surface area (Å²) in [6.07, 6.45) is 3.43. The Morgan fingerprint density at radius 1 is 0.775 bits per heavy atom. The Kier molecular flexibility index (Phi) is 8.24. The van der Waals surface area contributed by atoms with E-state index in [1.807, 2.05) is 80.5 Å². The second kappa shape index (κ2) is 12.2. The molecule has 0 bridgehead atoms. The van der Waals surface area contributed by atoms with Gasteiger partial charge in [-0.15, -0.1) is 0 Å². The van der Waals surface area contributed by atoms with E-state index in [2.05, 4.69) is 16.0 Å². The standard InChI is InChI=1S/C32H36N6O2/c1-21(22-11-5-4-6-12-22)33-30(39)25-13-7-8-14-26(25)31(40)34-23-17-19-24(20-18-23)35-32-36-28-16-10-9-15-27(28)29(37-32)38(2)3/h4-16,21,23-24H,17-20H2,1-3H3,(H,33,39)(H,34,40)(H,35,36,37)/t21-,23-,24+/m0/s1. The van der Waals surface area contributed by atoms with Crippen LogP contribution in [0, 0.1) is 0 Å². The Bertz CT molecular complexity index is 1480. The number of hydrogen-bond acceptors (Lipinski definition) is 6. The molecule has 40 heavy (non-hydrogen) atoms. The van der Waals surface area contributed by atoms with Gasteiger partial charge in [0, 0.05) is 31.6 Å². The molecule has 1 atom stereocenters. The number of anilines is 2. The minimum atomic E-state index is -0.262. The molecule has 4 aromatic rings. The van der Waals surface area contributed by atoms with Crippen LogP contribution in [-0.2, 0) is 0 Å². The second-order valence-corrected chi connectivity index (χ2v) is 10.6. The molecule has 5 rings (SSSR count). The third-order valence-electron chi connectivity index (χ3n) is 7.47.